The summed E-state index contributed by atoms with van der Waals surface area (Å²) in [6, 6.07) is 16.7. The van der Waals surface area contributed by atoms with E-state index in [0.29, 0.717) is 49.0 Å². The molecule has 206 valence electrons. The predicted molar refractivity (Wildman–Crippen MR) is 160 cm³/mol. The molecule has 2 atom stereocenters. The fraction of sp³-hybridized carbons (Fsp3) is 0.355. The first-order valence-electron chi connectivity index (χ1n) is 13.8. The second kappa shape index (κ2) is 11.0. The molecular formula is C31H33ClN6O2. The van der Waals surface area contributed by atoms with Crippen molar-refractivity contribution in [2.75, 3.05) is 44.7 Å². The van der Waals surface area contributed by atoms with E-state index in [1.54, 1.807) is 0 Å². The summed E-state index contributed by atoms with van der Waals surface area (Å²) in [5, 5.41) is 3.55. The minimum Gasteiger partial charge on any atom is -0.462 e. The molecule has 0 spiro atoms. The van der Waals surface area contributed by atoms with Crippen molar-refractivity contribution in [1.82, 2.24) is 24.8 Å². The van der Waals surface area contributed by atoms with Crippen LogP contribution < -0.4 is 9.64 Å². The van der Waals surface area contributed by atoms with Crippen LogP contribution in [0.3, 0.4) is 0 Å². The topological polar surface area (TPSA) is 74.7 Å². The number of halogens is 1. The van der Waals surface area contributed by atoms with Gasteiger partial charge in [-0.05, 0) is 63.0 Å². The number of carbonyl (C=O) groups is 1. The number of nitrogens with zero attached hydrogens (tertiary/aromatic N) is 6. The Kier molecular flexibility index (Phi) is 7.29. The summed E-state index contributed by atoms with van der Waals surface area (Å²) in [5.41, 5.74) is 2.30. The van der Waals surface area contributed by atoms with Gasteiger partial charge in [-0.25, -0.2) is 4.98 Å². The predicted octanol–water partition coefficient (Wildman–Crippen LogP) is 5.19. The molecular weight excluding hydrogens is 524 g/mol. The Morgan fingerprint density at radius 1 is 1.10 bits per heavy atom. The maximum atomic E-state index is 12.3. The zero-order valence-electron chi connectivity index (χ0n) is 22.9. The van der Waals surface area contributed by atoms with Crippen molar-refractivity contribution in [2.45, 2.75) is 31.8 Å². The Morgan fingerprint density at radius 3 is 2.67 bits per heavy atom. The number of aromatic nitrogens is 3. The van der Waals surface area contributed by atoms with Gasteiger partial charge in [0.05, 0.1) is 11.1 Å². The normalized spacial score (nSPS) is 19.9. The van der Waals surface area contributed by atoms with Crippen LogP contribution in [-0.4, -0.2) is 82.6 Å². The number of hydrogen-bond acceptors (Lipinski definition) is 7. The van der Waals surface area contributed by atoms with Crippen molar-refractivity contribution in [3.05, 3.63) is 66.2 Å². The average Bonchev–Trinajstić information content (AvgIpc) is 3.39. The second-order valence-corrected chi connectivity index (χ2v) is 11.1. The molecule has 2 fully saturated rings. The SMILES string of the molecule is C=CC(=O)N1CCN(c2nc(OCC3CCCN3C)nc3nc(-c4cccc5cccc(Cl)c45)ccc23)CC1C. The van der Waals surface area contributed by atoms with E-state index in [1.165, 1.54) is 12.5 Å². The highest BCUT2D eigenvalue weighted by Gasteiger charge is 2.29. The number of piperazine rings is 1. The van der Waals surface area contributed by atoms with Gasteiger partial charge in [0.1, 0.15) is 12.4 Å². The van der Waals surface area contributed by atoms with Gasteiger partial charge in [-0.15, -0.1) is 0 Å². The fourth-order valence-electron chi connectivity index (χ4n) is 5.89. The van der Waals surface area contributed by atoms with Gasteiger partial charge in [0, 0.05) is 47.7 Å². The monoisotopic (exact) mass is 556 g/mol. The summed E-state index contributed by atoms with van der Waals surface area (Å²) in [6.45, 7) is 9.16. The first-order valence-corrected chi connectivity index (χ1v) is 14.2. The van der Waals surface area contributed by atoms with Gasteiger partial charge in [0.15, 0.2) is 5.65 Å². The van der Waals surface area contributed by atoms with Crippen LogP contribution in [0.1, 0.15) is 19.8 Å². The van der Waals surface area contributed by atoms with Crippen LogP contribution in [0.15, 0.2) is 61.2 Å². The molecule has 0 N–H and O–H groups in total. The number of likely N-dealkylation sites (tertiary alicyclic amines) is 1. The van der Waals surface area contributed by atoms with Gasteiger partial charge >= 0.3 is 6.01 Å². The molecule has 0 saturated carbocycles. The van der Waals surface area contributed by atoms with Crippen molar-refractivity contribution in [3.63, 3.8) is 0 Å². The highest BCUT2D eigenvalue weighted by Crippen LogP contribution is 2.35. The molecule has 2 aliphatic rings. The van der Waals surface area contributed by atoms with Crippen LogP contribution in [0.4, 0.5) is 5.82 Å². The molecule has 1 amide bonds. The molecule has 2 unspecified atom stereocenters. The quantitative estimate of drug-likeness (QED) is 0.302. The van der Waals surface area contributed by atoms with Crippen LogP contribution >= 0.6 is 11.6 Å². The Bertz CT molecular complexity index is 1590. The van der Waals surface area contributed by atoms with Crippen molar-refractivity contribution < 1.29 is 9.53 Å². The van der Waals surface area contributed by atoms with Crippen molar-refractivity contribution in [3.8, 4) is 17.3 Å². The summed E-state index contributed by atoms with van der Waals surface area (Å²) in [5.74, 6) is 0.719. The number of anilines is 1. The molecule has 0 aliphatic carbocycles. The number of pyridine rings is 1. The van der Waals surface area contributed by atoms with E-state index in [0.717, 1.165) is 46.2 Å². The van der Waals surface area contributed by atoms with Crippen LogP contribution in [0.5, 0.6) is 6.01 Å². The highest BCUT2D eigenvalue weighted by atomic mass is 35.5. The van der Waals surface area contributed by atoms with Gasteiger partial charge in [0.25, 0.3) is 0 Å². The van der Waals surface area contributed by atoms with Crippen molar-refractivity contribution >= 4 is 45.1 Å². The summed E-state index contributed by atoms with van der Waals surface area (Å²) >= 11 is 6.64. The number of hydrogen-bond donors (Lipinski definition) is 0. The summed E-state index contributed by atoms with van der Waals surface area (Å²) < 4.78 is 6.21. The second-order valence-electron chi connectivity index (χ2n) is 10.7. The molecule has 2 aromatic carbocycles. The van der Waals surface area contributed by atoms with E-state index in [1.807, 2.05) is 48.2 Å². The van der Waals surface area contributed by atoms with Crippen molar-refractivity contribution in [1.29, 1.82) is 0 Å². The molecule has 40 heavy (non-hydrogen) atoms. The third kappa shape index (κ3) is 4.97. The number of rotatable bonds is 6. The smallest absolute Gasteiger partial charge is 0.320 e. The zero-order valence-corrected chi connectivity index (χ0v) is 23.6. The number of benzene rings is 2. The lowest BCUT2D eigenvalue weighted by Crippen LogP contribution is -2.54. The number of amides is 1. The summed E-state index contributed by atoms with van der Waals surface area (Å²) in [4.78, 5) is 33.4. The largest absolute Gasteiger partial charge is 0.462 e. The number of ether oxygens (including phenoxy) is 1. The number of fused-ring (bicyclic) bond motifs is 2. The maximum Gasteiger partial charge on any atom is 0.320 e. The van der Waals surface area contributed by atoms with E-state index >= 15 is 0 Å². The van der Waals surface area contributed by atoms with Crippen LogP contribution in [0.2, 0.25) is 5.02 Å². The Morgan fingerprint density at radius 2 is 1.93 bits per heavy atom. The van der Waals surface area contributed by atoms with Gasteiger partial charge in [0.2, 0.25) is 5.91 Å². The molecule has 2 saturated heterocycles. The zero-order chi connectivity index (χ0) is 27.8. The molecule has 6 rings (SSSR count). The van der Waals surface area contributed by atoms with Crippen LogP contribution in [0, 0.1) is 0 Å². The lowest BCUT2D eigenvalue weighted by atomic mass is 10.0. The lowest BCUT2D eigenvalue weighted by molar-refractivity contribution is -0.128. The number of likely N-dealkylation sites (N-methyl/N-ethyl adjacent to an activating group) is 1. The molecule has 2 aromatic heterocycles. The standard InChI is InChI=1S/C31H33ClN6O2/c1-4-27(39)38-17-16-37(18-20(38)2)30-24-13-14-26(23-11-5-8-21-9-6-12-25(32)28(21)23)33-29(24)34-31(35-30)40-19-22-10-7-15-36(22)3/h4-6,8-9,11-14,20,22H,1,7,10,15-19H2,2-3H3. The molecule has 4 heterocycles. The van der Waals surface area contributed by atoms with Crippen LogP contribution in [-0.2, 0) is 4.79 Å². The van der Waals surface area contributed by atoms with E-state index in [2.05, 4.69) is 35.6 Å². The van der Waals surface area contributed by atoms with Gasteiger partial charge in [-0.3, -0.25) is 4.79 Å². The molecule has 0 radical (unpaired) electrons. The van der Waals surface area contributed by atoms with E-state index in [4.69, 9.17) is 31.3 Å². The van der Waals surface area contributed by atoms with Gasteiger partial charge in [-0.2, -0.15) is 9.97 Å². The fourth-order valence-corrected chi connectivity index (χ4v) is 6.18. The Hall–Kier alpha value is -3.75. The third-order valence-corrected chi connectivity index (χ3v) is 8.42. The molecule has 4 aromatic rings. The van der Waals surface area contributed by atoms with E-state index in [-0.39, 0.29) is 11.9 Å². The average molecular weight is 557 g/mol. The number of carbonyl (C=O) groups excluding carboxylic acids is 1. The summed E-state index contributed by atoms with van der Waals surface area (Å²) in [6.07, 6.45) is 3.64. The summed E-state index contributed by atoms with van der Waals surface area (Å²) in [7, 11) is 2.13. The molecule has 2 aliphatic heterocycles. The van der Waals surface area contributed by atoms with Gasteiger partial charge in [-0.1, -0.05) is 48.5 Å². The lowest BCUT2D eigenvalue weighted by Gasteiger charge is -2.40. The Labute approximate surface area is 239 Å². The van der Waals surface area contributed by atoms with E-state index in [9.17, 15) is 4.79 Å². The molecule has 8 nitrogen and oxygen atoms in total. The first kappa shape index (κ1) is 26.5. The first-order chi connectivity index (χ1) is 19.4. The third-order valence-electron chi connectivity index (χ3n) is 8.11. The Balaban J connectivity index is 1.41. The van der Waals surface area contributed by atoms with Crippen molar-refractivity contribution in [2.24, 2.45) is 0 Å². The van der Waals surface area contributed by atoms with Crippen LogP contribution in [0.25, 0.3) is 33.1 Å². The molecule has 9 heteroatoms. The minimum atomic E-state index is -0.0514. The molecule has 0 bridgehead atoms. The van der Waals surface area contributed by atoms with Gasteiger partial charge < -0.3 is 19.4 Å². The maximum absolute atomic E-state index is 12.3. The highest BCUT2D eigenvalue weighted by molar-refractivity contribution is 6.36. The van der Waals surface area contributed by atoms with E-state index < -0.39 is 0 Å². The minimum absolute atomic E-state index is 0.00540.